The van der Waals surface area contributed by atoms with Gasteiger partial charge in [-0.1, -0.05) is 23.4 Å². The summed E-state index contributed by atoms with van der Waals surface area (Å²) >= 11 is 5.94. The maximum absolute atomic E-state index is 13.6. The average molecular weight is 293 g/mol. The van der Waals surface area contributed by atoms with Crippen LogP contribution in [0.15, 0.2) is 24.4 Å². The van der Waals surface area contributed by atoms with Gasteiger partial charge in [0.15, 0.2) is 0 Å². The van der Waals surface area contributed by atoms with E-state index in [-0.39, 0.29) is 12.4 Å². The molecule has 0 amide bonds. The number of hydrogen-bond donors (Lipinski definition) is 1. The maximum Gasteiger partial charge on any atom is 0.124 e. The van der Waals surface area contributed by atoms with Gasteiger partial charge in [0.25, 0.3) is 0 Å². The highest BCUT2D eigenvalue weighted by Crippen LogP contribution is 2.15. The fraction of sp³-hybridized carbons (Fsp3) is 0.267. The first-order valence-electron chi connectivity index (χ1n) is 6.17. The molecule has 1 N–H and O–H groups in total. The normalized spacial score (nSPS) is 10.2. The molecule has 0 aliphatic rings. The molecule has 20 heavy (non-hydrogen) atoms. The van der Waals surface area contributed by atoms with E-state index >= 15 is 0 Å². The summed E-state index contributed by atoms with van der Waals surface area (Å²) in [5.41, 5.74) is 2.09. The van der Waals surface area contributed by atoms with E-state index in [0.717, 1.165) is 11.3 Å². The van der Waals surface area contributed by atoms with Gasteiger partial charge in [-0.25, -0.2) is 4.39 Å². The molecule has 2 aromatic rings. The van der Waals surface area contributed by atoms with Gasteiger partial charge in [-0.15, -0.1) is 0 Å². The number of hydrogen-bond acceptors (Lipinski definition) is 2. The first kappa shape index (κ1) is 14.6. The molecule has 104 valence electrons. The quantitative estimate of drug-likeness (QED) is 0.884. The third-order valence-corrected chi connectivity index (χ3v) is 3.03. The molecule has 0 fully saturated rings. The highest BCUT2D eigenvalue weighted by molar-refractivity contribution is 6.31. The Bertz CT molecular complexity index is 651. The molecule has 2 rings (SSSR count). The smallest absolute Gasteiger partial charge is 0.124 e. The van der Waals surface area contributed by atoms with Crippen molar-refractivity contribution in [1.82, 2.24) is 9.78 Å². The van der Waals surface area contributed by atoms with E-state index < -0.39 is 0 Å². The van der Waals surface area contributed by atoms with Crippen LogP contribution in [0.25, 0.3) is 0 Å². The van der Waals surface area contributed by atoms with Crippen molar-refractivity contribution in [1.29, 1.82) is 0 Å². The van der Waals surface area contributed by atoms with Gasteiger partial charge in [-0.3, -0.25) is 4.68 Å². The average Bonchev–Trinajstić information content (AvgIpc) is 2.68. The minimum Gasteiger partial charge on any atom is -0.395 e. The van der Waals surface area contributed by atoms with Crippen LogP contribution < -0.4 is 0 Å². The van der Waals surface area contributed by atoms with Crippen LogP contribution in [-0.2, 0) is 6.54 Å². The van der Waals surface area contributed by atoms with Gasteiger partial charge in [0.05, 0.1) is 23.9 Å². The largest absolute Gasteiger partial charge is 0.395 e. The van der Waals surface area contributed by atoms with Crippen molar-refractivity contribution >= 4 is 11.6 Å². The molecule has 0 aliphatic carbocycles. The Morgan fingerprint density at radius 1 is 1.40 bits per heavy atom. The van der Waals surface area contributed by atoms with Crippen molar-refractivity contribution in [2.24, 2.45) is 0 Å². The Kier molecular flexibility index (Phi) is 4.78. The van der Waals surface area contributed by atoms with Crippen molar-refractivity contribution in [3.8, 4) is 11.8 Å². The van der Waals surface area contributed by atoms with Crippen molar-refractivity contribution in [2.75, 3.05) is 6.61 Å². The summed E-state index contributed by atoms with van der Waals surface area (Å²) in [6.07, 6.45) is 2.08. The predicted molar refractivity (Wildman–Crippen MR) is 76.1 cm³/mol. The van der Waals surface area contributed by atoms with Crippen molar-refractivity contribution in [3.05, 3.63) is 52.1 Å². The number of aromatic nitrogens is 2. The minimum atomic E-state index is -0.342. The third kappa shape index (κ3) is 3.83. The third-order valence-electron chi connectivity index (χ3n) is 2.66. The molecule has 5 heteroatoms. The molecule has 0 bridgehead atoms. The molecule has 0 atom stereocenters. The number of aliphatic hydroxyl groups excluding tert-OH is 1. The topological polar surface area (TPSA) is 38.0 Å². The Balaban J connectivity index is 2.22. The van der Waals surface area contributed by atoms with Gasteiger partial charge < -0.3 is 5.11 Å². The molecule has 0 saturated carbocycles. The zero-order chi connectivity index (χ0) is 14.5. The van der Waals surface area contributed by atoms with Gasteiger partial charge in [0, 0.05) is 18.2 Å². The molecule has 0 radical (unpaired) electrons. The molecule has 0 spiro atoms. The number of benzene rings is 1. The van der Waals surface area contributed by atoms with Crippen molar-refractivity contribution in [2.45, 2.75) is 19.9 Å². The van der Waals surface area contributed by atoms with Gasteiger partial charge in [-0.05, 0) is 30.7 Å². The second-order valence-electron chi connectivity index (χ2n) is 4.38. The first-order valence-corrected chi connectivity index (χ1v) is 6.55. The summed E-state index contributed by atoms with van der Waals surface area (Å²) < 4.78 is 15.2. The van der Waals surface area contributed by atoms with Gasteiger partial charge in [-0.2, -0.15) is 5.10 Å². The molecular weight excluding hydrogens is 279 g/mol. The number of aliphatic hydroxyl groups is 1. The lowest BCUT2D eigenvalue weighted by Crippen LogP contribution is -2.01. The van der Waals surface area contributed by atoms with E-state index in [0.29, 0.717) is 23.6 Å². The summed E-state index contributed by atoms with van der Waals surface area (Å²) in [5, 5.41) is 13.5. The summed E-state index contributed by atoms with van der Waals surface area (Å²) in [6, 6.07) is 4.62. The van der Waals surface area contributed by atoms with E-state index in [9.17, 15) is 4.39 Å². The maximum atomic E-state index is 13.6. The van der Waals surface area contributed by atoms with Crippen molar-refractivity contribution in [3.63, 3.8) is 0 Å². The summed E-state index contributed by atoms with van der Waals surface area (Å²) in [5.74, 6) is 5.25. The Hall–Kier alpha value is -1.83. The van der Waals surface area contributed by atoms with Crippen LogP contribution in [0.3, 0.4) is 0 Å². The van der Waals surface area contributed by atoms with Crippen LogP contribution in [0.1, 0.15) is 23.2 Å². The van der Waals surface area contributed by atoms with Crippen LogP contribution in [0.5, 0.6) is 0 Å². The van der Waals surface area contributed by atoms with E-state index in [4.69, 9.17) is 16.7 Å². The molecule has 0 aliphatic heterocycles. The van der Waals surface area contributed by atoms with Gasteiger partial charge >= 0.3 is 0 Å². The fourth-order valence-electron chi connectivity index (χ4n) is 1.80. The number of halogens is 2. The zero-order valence-corrected chi connectivity index (χ0v) is 11.8. The van der Waals surface area contributed by atoms with Gasteiger partial charge in [0.1, 0.15) is 5.82 Å². The summed E-state index contributed by atoms with van der Waals surface area (Å²) in [7, 11) is 0. The highest BCUT2D eigenvalue weighted by atomic mass is 35.5. The van der Waals surface area contributed by atoms with E-state index in [1.54, 1.807) is 16.9 Å². The SMILES string of the molecule is Cc1nn(Cc2cc(F)cc(C#CCCO)c2)cc1Cl. The molecule has 0 unspecified atom stereocenters. The Morgan fingerprint density at radius 2 is 2.20 bits per heavy atom. The van der Waals surface area contributed by atoms with Crippen LogP contribution in [-0.4, -0.2) is 21.5 Å². The number of nitrogens with zero attached hydrogens (tertiary/aromatic N) is 2. The molecule has 0 saturated heterocycles. The Labute approximate surface area is 122 Å². The second kappa shape index (κ2) is 6.56. The number of aryl methyl sites for hydroxylation is 1. The lowest BCUT2D eigenvalue weighted by atomic mass is 10.1. The molecule has 1 aromatic carbocycles. The van der Waals surface area contributed by atoms with E-state index in [2.05, 4.69) is 16.9 Å². The standard InChI is InChI=1S/C15H14ClFN2O/c1-11-15(16)10-19(18-11)9-13-6-12(4-2-3-5-20)7-14(17)8-13/h6-8,10,20H,3,5,9H2,1H3. The summed E-state index contributed by atoms with van der Waals surface area (Å²) in [6.45, 7) is 2.25. The monoisotopic (exact) mass is 292 g/mol. The lowest BCUT2D eigenvalue weighted by Gasteiger charge is -2.03. The Morgan fingerprint density at radius 3 is 2.85 bits per heavy atom. The molecule has 1 heterocycles. The van der Waals surface area contributed by atoms with Crippen molar-refractivity contribution < 1.29 is 9.50 Å². The zero-order valence-electron chi connectivity index (χ0n) is 11.0. The fourth-order valence-corrected chi connectivity index (χ4v) is 1.95. The van der Waals surface area contributed by atoms with Gasteiger partial charge in [0.2, 0.25) is 0 Å². The minimum absolute atomic E-state index is 0.000234. The molecule has 1 aromatic heterocycles. The lowest BCUT2D eigenvalue weighted by molar-refractivity contribution is 0.305. The highest BCUT2D eigenvalue weighted by Gasteiger charge is 2.04. The number of rotatable bonds is 3. The predicted octanol–water partition coefficient (Wildman–Crippen LogP) is 2.77. The molecular formula is C15H14ClFN2O. The first-order chi connectivity index (χ1) is 9.58. The van der Waals surface area contributed by atoms with Crippen LogP contribution in [0.2, 0.25) is 5.02 Å². The summed E-state index contributed by atoms with van der Waals surface area (Å²) in [4.78, 5) is 0. The van der Waals surface area contributed by atoms with Crippen LogP contribution >= 0.6 is 11.6 Å². The van der Waals surface area contributed by atoms with Crippen LogP contribution in [0, 0.1) is 24.6 Å². The molecule has 3 nitrogen and oxygen atoms in total. The van der Waals surface area contributed by atoms with E-state index in [1.807, 2.05) is 6.92 Å². The second-order valence-corrected chi connectivity index (χ2v) is 4.79. The van der Waals surface area contributed by atoms with E-state index in [1.165, 1.54) is 12.1 Å². The van der Waals surface area contributed by atoms with Crippen LogP contribution in [0.4, 0.5) is 4.39 Å².